The molecule has 7 heteroatoms. The summed E-state index contributed by atoms with van der Waals surface area (Å²) < 4.78 is 18.3. The molecule has 2 aromatic rings. The fourth-order valence-corrected chi connectivity index (χ4v) is 3.87. The van der Waals surface area contributed by atoms with E-state index in [1.165, 1.54) is 17.0 Å². The Hall–Kier alpha value is -2.93. The molecule has 1 atom stereocenters. The van der Waals surface area contributed by atoms with Crippen molar-refractivity contribution in [3.05, 3.63) is 54.3 Å². The Morgan fingerprint density at radius 1 is 0.964 bits per heavy atom. The second-order valence-electron chi connectivity index (χ2n) is 6.99. The van der Waals surface area contributed by atoms with Crippen molar-refractivity contribution in [3.63, 3.8) is 0 Å². The number of carbonyl (C=O) groups excluding carboxylic acids is 2. The van der Waals surface area contributed by atoms with Crippen LogP contribution in [-0.2, 0) is 9.59 Å². The highest BCUT2D eigenvalue weighted by atomic mass is 19.1. The van der Waals surface area contributed by atoms with Crippen LogP contribution in [0.25, 0.3) is 0 Å². The van der Waals surface area contributed by atoms with Crippen molar-refractivity contribution in [2.75, 3.05) is 43.1 Å². The molecular weight excluding hydrogens is 361 g/mol. The van der Waals surface area contributed by atoms with Crippen molar-refractivity contribution in [1.29, 1.82) is 0 Å². The maximum absolute atomic E-state index is 13.1. The van der Waals surface area contributed by atoms with E-state index in [1.807, 2.05) is 0 Å². The van der Waals surface area contributed by atoms with Crippen LogP contribution in [0.5, 0.6) is 5.75 Å². The largest absolute Gasteiger partial charge is 0.497 e. The third kappa shape index (κ3) is 3.45. The lowest BCUT2D eigenvalue weighted by atomic mass is 10.1. The van der Waals surface area contributed by atoms with E-state index < -0.39 is 6.04 Å². The van der Waals surface area contributed by atoms with Crippen LogP contribution >= 0.6 is 0 Å². The second kappa shape index (κ2) is 7.59. The number of carbonyl (C=O) groups is 2. The third-order valence-corrected chi connectivity index (χ3v) is 5.38. The van der Waals surface area contributed by atoms with Gasteiger partial charge in [0.2, 0.25) is 5.91 Å². The lowest BCUT2D eigenvalue weighted by molar-refractivity contribution is -0.123. The molecule has 2 amide bonds. The molecule has 0 aliphatic carbocycles. The van der Waals surface area contributed by atoms with Gasteiger partial charge in [0.25, 0.3) is 5.91 Å². The zero-order valence-electron chi connectivity index (χ0n) is 15.7. The minimum atomic E-state index is -0.436. The Morgan fingerprint density at radius 2 is 1.68 bits per heavy atom. The lowest BCUT2D eigenvalue weighted by Crippen LogP contribution is -2.52. The quantitative estimate of drug-likeness (QED) is 0.759. The average Bonchev–Trinajstić information content (AvgIpc) is 3.03. The van der Waals surface area contributed by atoms with E-state index in [0.29, 0.717) is 24.5 Å². The number of anilines is 2. The summed E-state index contributed by atoms with van der Waals surface area (Å²) >= 11 is 0. The van der Waals surface area contributed by atoms with Crippen molar-refractivity contribution >= 4 is 23.2 Å². The summed E-state index contributed by atoms with van der Waals surface area (Å²) in [5.74, 6) is -0.0257. The van der Waals surface area contributed by atoms with Gasteiger partial charge < -0.3 is 9.64 Å². The molecule has 0 radical (unpaired) electrons. The van der Waals surface area contributed by atoms with Gasteiger partial charge in [-0.1, -0.05) is 6.07 Å². The van der Waals surface area contributed by atoms with E-state index in [-0.39, 0.29) is 24.1 Å². The molecule has 146 valence electrons. The average molecular weight is 383 g/mol. The fourth-order valence-electron chi connectivity index (χ4n) is 3.87. The summed E-state index contributed by atoms with van der Waals surface area (Å²) in [6.45, 7) is 2.80. The first kappa shape index (κ1) is 18.4. The summed E-state index contributed by atoms with van der Waals surface area (Å²) in [4.78, 5) is 31.0. The molecule has 28 heavy (non-hydrogen) atoms. The van der Waals surface area contributed by atoms with Crippen molar-refractivity contribution in [3.8, 4) is 5.75 Å². The molecule has 0 bridgehead atoms. The molecule has 1 unspecified atom stereocenters. The topological polar surface area (TPSA) is 53.1 Å². The number of hydrogen-bond acceptors (Lipinski definition) is 5. The van der Waals surface area contributed by atoms with E-state index in [4.69, 9.17) is 4.74 Å². The molecule has 0 spiro atoms. The first-order valence-electron chi connectivity index (χ1n) is 9.32. The minimum absolute atomic E-state index is 0.187. The van der Waals surface area contributed by atoms with Crippen LogP contribution in [0, 0.1) is 5.82 Å². The number of benzene rings is 2. The molecular formula is C21H22FN3O3. The molecule has 2 aliphatic heterocycles. The molecule has 0 N–H and O–H groups in total. The van der Waals surface area contributed by atoms with Crippen molar-refractivity contribution < 1.29 is 18.7 Å². The predicted octanol–water partition coefficient (Wildman–Crippen LogP) is 2.29. The van der Waals surface area contributed by atoms with Crippen LogP contribution in [-0.4, -0.2) is 56.0 Å². The van der Waals surface area contributed by atoms with Gasteiger partial charge in [-0.05, 0) is 36.4 Å². The van der Waals surface area contributed by atoms with Gasteiger partial charge in [0.1, 0.15) is 11.6 Å². The van der Waals surface area contributed by atoms with E-state index in [9.17, 15) is 14.0 Å². The number of halogens is 1. The molecule has 0 aromatic heterocycles. The molecule has 2 heterocycles. The van der Waals surface area contributed by atoms with Crippen LogP contribution in [0.4, 0.5) is 15.8 Å². The zero-order valence-corrected chi connectivity index (χ0v) is 15.7. The summed E-state index contributed by atoms with van der Waals surface area (Å²) in [5, 5.41) is 0. The second-order valence-corrected chi connectivity index (χ2v) is 6.99. The Kier molecular flexibility index (Phi) is 5.00. The SMILES string of the molecule is COc1cccc(N2C(=O)CC(N3CCN(c4ccc(F)cc4)CC3)C2=O)c1. The summed E-state index contributed by atoms with van der Waals surface area (Å²) in [6.07, 6.45) is 0.187. The van der Waals surface area contributed by atoms with Gasteiger partial charge in [-0.15, -0.1) is 0 Å². The van der Waals surface area contributed by atoms with Gasteiger partial charge >= 0.3 is 0 Å². The van der Waals surface area contributed by atoms with Gasteiger partial charge in [-0.3, -0.25) is 14.5 Å². The molecule has 2 aromatic carbocycles. The number of hydrogen-bond donors (Lipinski definition) is 0. The molecule has 0 saturated carbocycles. The number of amides is 2. The van der Waals surface area contributed by atoms with Gasteiger partial charge in [-0.25, -0.2) is 9.29 Å². The number of piperazine rings is 1. The number of ether oxygens (including phenoxy) is 1. The number of imide groups is 1. The number of methoxy groups -OCH3 is 1. The van der Waals surface area contributed by atoms with E-state index in [2.05, 4.69) is 9.80 Å². The van der Waals surface area contributed by atoms with Gasteiger partial charge in [0.15, 0.2) is 0 Å². The Bertz CT molecular complexity index is 879. The summed E-state index contributed by atoms with van der Waals surface area (Å²) in [7, 11) is 1.55. The van der Waals surface area contributed by atoms with Crippen LogP contribution in [0.3, 0.4) is 0 Å². The van der Waals surface area contributed by atoms with E-state index in [1.54, 1.807) is 43.5 Å². The molecule has 4 rings (SSSR count). The fraction of sp³-hybridized carbons (Fsp3) is 0.333. The van der Waals surface area contributed by atoms with Crippen molar-refractivity contribution in [1.82, 2.24) is 4.90 Å². The van der Waals surface area contributed by atoms with E-state index in [0.717, 1.165) is 18.8 Å². The molecule has 2 saturated heterocycles. The standard InChI is InChI=1S/C21H22FN3O3/c1-28-18-4-2-3-17(13-18)25-20(26)14-19(21(25)27)24-11-9-23(10-12-24)16-7-5-15(22)6-8-16/h2-8,13,19H,9-12,14H2,1H3. The van der Waals surface area contributed by atoms with Crippen LogP contribution < -0.4 is 14.5 Å². The van der Waals surface area contributed by atoms with Gasteiger partial charge in [-0.2, -0.15) is 0 Å². The molecule has 2 aliphatic rings. The highest BCUT2D eigenvalue weighted by Crippen LogP contribution is 2.29. The van der Waals surface area contributed by atoms with Crippen molar-refractivity contribution in [2.24, 2.45) is 0 Å². The van der Waals surface area contributed by atoms with Crippen LogP contribution in [0.15, 0.2) is 48.5 Å². The summed E-state index contributed by atoms with van der Waals surface area (Å²) in [5.41, 5.74) is 1.51. The third-order valence-electron chi connectivity index (χ3n) is 5.38. The lowest BCUT2D eigenvalue weighted by Gasteiger charge is -2.38. The number of rotatable bonds is 4. The Labute approximate surface area is 163 Å². The van der Waals surface area contributed by atoms with Crippen molar-refractivity contribution in [2.45, 2.75) is 12.5 Å². The smallest absolute Gasteiger partial charge is 0.251 e. The van der Waals surface area contributed by atoms with Crippen LogP contribution in [0.2, 0.25) is 0 Å². The molecule has 2 fully saturated rings. The van der Waals surface area contributed by atoms with E-state index >= 15 is 0 Å². The minimum Gasteiger partial charge on any atom is -0.497 e. The maximum atomic E-state index is 13.1. The van der Waals surface area contributed by atoms with Gasteiger partial charge in [0, 0.05) is 37.9 Å². The summed E-state index contributed by atoms with van der Waals surface area (Å²) in [6, 6.07) is 13.0. The zero-order chi connectivity index (χ0) is 19.7. The predicted molar refractivity (Wildman–Crippen MR) is 104 cm³/mol. The highest BCUT2D eigenvalue weighted by Gasteiger charge is 2.43. The Balaban J connectivity index is 1.44. The molecule has 6 nitrogen and oxygen atoms in total. The first-order valence-corrected chi connectivity index (χ1v) is 9.32. The number of nitrogens with zero attached hydrogens (tertiary/aromatic N) is 3. The Morgan fingerprint density at radius 3 is 2.36 bits per heavy atom. The first-order chi connectivity index (χ1) is 13.6. The van der Waals surface area contributed by atoms with Gasteiger partial charge in [0.05, 0.1) is 25.3 Å². The maximum Gasteiger partial charge on any atom is 0.251 e. The normalized spacial score (nSPS) is 20.7. The van der Waals surface area contributed by atoms with Crippen LogP contribution in [0.1, 0.15) is 6.42 Å². The monoisotopic (exact) mass is 383 g/mol. The highest BCUT2D eigenvalue weighted by molar-refractivity contribution is 6.22.